The average Bonchev–Trinajstić information content (AvgIpc) is 2.74. The molecule has 3 aromatic rings. The molecule has 0 heterocycles. The van der Waals surface area contributed by atoms with Crippen molar-refractivity contribution in [1.29, 1.82) is 0 Å². The minimum absolute atomic E-state index is 0.104. The van der Waals surface area contributed by atoms with Crippen molar-refractivity contribution in [2.24, 2.45) is 0 Å². The lowest BCUT2D eigenvalue weighted by molar-refractivity contribution is -0.114. The van der Waals surface area contributed by atoms with Gasteiger partial charge in [-0.2, -0.15) is 0 Å². The van der Waals surface area contributed by atoms with Crippen LogP contribution in [0.4, 0.5) is 11.4 Å². The van der Waals surface area contributed by atoms with Crippen LogP contribution in [0, 0.1) is 6.92 Å². The number of anilines is 2. The fraction of sp³-hybridized carbons (Fsp3) is 0.174. The highest BCUT2D eigenvalue weighted by Crippen LogP contribution is 2.28. The van der Waals surface area contributed by atoms with Crippen molar-refractivity contribution < 1.29 is 13.2 Å². The van der Waals surface area contributed by atoms with Crippen LogP contribution in [0.2, 0.25) is 5.02 Å². The number of hydrogen-bond acceptors (Lipinski definition) is 4. The highest BCUT2D eigenvalue weighted by Gasteiger charge is 2.27. The molecule has 0 aromatic heterocycles. The van der Waals surface area contributed by atoms with Gasteiger partial charge in [0.15, 0.2) is 0 Å². The van der Waals surface area contributed by atoms with E-state index in [1.807, 2.05) is 32.0 Å². The first-order chi connectivity index (χ1) is 14.8. The molecule has 3 aromatic carbocycles. The number of para-hydroxylation sites is 1. The smallest absolute Gasteiger partial charge is 0.264 e. The molecule has 5 nitrogen and oxygen atoms in total. The summed E-state index contributed by atoms with van der Waals surface area (Å²) in [5, 5.41) is 3.23. The van der Waals surface area contributed by atoms with Gasteiger partial charge in [-0.15, -0.1) is 11.8 Å². The summed E-state index contributed by atoms with van der Waals surface area (Å²) >= 11 is 7.70. The molecule has 0 atom stereocenters. The lowest BCUT2D eigenvalue weighted by atomic mass is 10.2. The zero-order chi connectivity index (χ0) is 22.4. The molecule has 3 rings (SSSR count). The Labute approximate surface area is 192 Å². The second kappa shape index (κ2) is 10.2. The largest absolute Gasteiger partial charge is 0.323 e. The second-order valence-electron chi connectivity index (χ2n) is 6.78. The molecule has 0 bridgehead atoms. The van der Waals surface area contributed by atoms with Gasteiger partial charge < -0.3 is 5.32 Å². The van der Waals surface area contributed by atoms with E-state index in [0.29, 0.717) is 16.4 Å². The predicted octanol–water partition coefficient (Wildman–Crippen LogP) is 5.59. The molecular weight excluding hydrogens is 452 g/mol. The third-order valence-electron chi connectivity index (χ3n) is 4.45. The first kappa shape index (κ1) is 23.2. The number of hydrogen-bond donors (Lipinski definition) is 1. The second-order valence-corrected chi connectivity index (χ2v) is 10.4. The quantitative estimate of drug-likeness (QED) is 0.432. The Morgan fingerprint density at radius 1 is 1.03 bits per heavy atom. The number of aryl methyl sites for hydroxylation is 1. The van der Waals surface area contributed by atoms with E-state index >= 15 is 0 Å². The highest BCUT2D eigenvalue weighted by atomic mass is 35.5. The molecule has 0 saturated heterocycles. The Morgan fingerprint density at radius 3 is 2.42 bits per heavy atom. The van der Waals surface area contributed by atoms with Gasteiger partial charge in [-0.05, 0) is 55.1 Å². The van der Waals surface area contributed by atoms with Gasteiger partial charge in [0.1, 0.15) is 6.54 Å². The van der Waals surface area contributed by atoms with Crippen molar-refractivity contribution in [3.8, 4) is 0 Å². The van der Waals surface area contributed by atoms with Gasteiger partial charge in [0, 0.05) is 9.92 Å². The standard InChI is InChI=1S/C23H23ClN2O3S2/c1-3-30-22-10-5-4-9-21(22)25-23(27)16-26(19-8-6-7-18(24)15-19)31(28,29)20-13-11-17(2)12-14-20/h4-15H,3,16H2,1-2H3,(H,25,27). The fourth-order valence-electron chi connectivity index (χ4n) is 2.96. The number of nitrogens with one attached hydrogen (secondary N) is 1. The van der Waals surface area contributed by atoms with Gasteiger partial charge in [0.25, 0.3) is 10.0 Å². The number of nitrogens with zero attached hydrogens (tertiary/aromatic N) is 1. The third-order valence-corrected chi connectivity index (χ3v) is 7.43. The summed E-state index contributed by atoms with van der Waals surface area (Å²) in [6.07, 6.45) is 0. The van der Waals surface area contributed by atoms with Crippen molar-refractivity contribution in [1.82, 2.24) is 0 Å². The lowest BCUT2D eigenvalue weighted by Gasteiger charge is -2.24. The molecular formula is C23H23ClN2O3S2. The normalized spacial score (nSPS) is 11.2. The topological polar surface area (TPSA) is 66.5 Å². The van der Waals surface area contributed by atoms with Gasteiger partial charge in [0.05, 0.1) is 16.3 Å². The number of benzene rings is 3. The Hall–Kier alpha value is -2.48. The van der Waals surface area contributed by atoms with Gasteiger partial charge in [-0.25, -0.2) is 8.42 Å². The lowest BCUT2D eigenvalue weighted by Crippen LogP contribution is -2.38. The van der Waals surface area contributed by atoms with E-state index in [1.54, 1.807) is 48.2 Å². The minimum Gasteiger partial charge on any atom is -0.323 e. The van der Waals surface area contributed by atoms with E-state index in [2.05, 4.69) is 5.32 Å². The van der Waals surface area contributed by atoms with Crippen LogP contribution < -0.4 is 9.62 Å². The number of rotatable bonds is 8. The molecule has 0 aliphatic rings. The molecule has 0 aliphatic heterocycles. The number of amides is 1. The summed E-state index contributed by atoms with van der Waals surface area (Å²) in [4.78, 5) is 13.9. The number of carbonyl (C=O) groups excluding carboxylic acids is 1. The first-order valence-corrected chi connectivity index (χ1v) is 12.5. The first-order valence-electron chi connectivity index (χ1n) is 9.68. The van der Waals surface area contributed by atoms with E-state index < -0.39 is 15.9 Å². The summed E-state index contributed by atoms with van der Waals surface area (Å²) in [5.74, 6) is 0.406. The number of halogens is 1. The minimum atomic E-state index is -3.99. The van der Waals surface area contributed by atoms with Crippen LogP contribution in [0.3, 0.4) is 0 Å². The maximum atomic E-state index is 13.4. The molecule has 1 amide bonds. The molecule has 8 heteroatoms. The van der Waals surface area contributed by atoms with E-state index in [1.165, 1.54) is 18.2 Å². The van der Waals surface area contributed by atoms with Crippen LogP contribution >= 0.6 is 23.4 Å². The SMILES string of the molecule is CCSc1ccccc1NC(=O)CN(c1cccc(Cl)c1)S(=O)(=O)c1ccc(C)cc1. The molecule has 31 heavy (non-hydrogen) atoms. The van der Waals surface area contributed by atoms with Crippen LogP contribution in [0.5, 0.6) is 0 Å². The fourth-order valence-corrected chi connectivity index (χ4v) is 5.31. The summed E-state index contributed by atoms with van der Waals surface area (Å²) in [6, 6.07) is 20.4. The van der Waals surface area contributed by atoms with Gasteiger partial charge in [0.2, 0.25) is 5.91 Å². The zero-order valence-corrected chi connectivity index (χ0v) is 19.6. The van der Waals surface area contributed by atoms with Crippen molar-refractivity contribution in [2.75, 3.05) is 21.9 Å². The van der Waals surface area contributed by atoms with E-state index in [-0.39, 0.29) is 11.4 Å². The van der Waals surface area contributed by atoms with Gasteiger partial charge in [-0.1, -0.05) is 54.4 Å². The molecule has 0 fully saturated rings. The van der Waals surface area contributed by atoms with Crippen LogP contribution in [-0.4, -0.2) is 26.6 Å². The highest BCUT2D eigenvalue weighted by molar-refractivity contribution is 7.99. The van der Waals surface area contributed by atoms with Crippen LogP contribution in [0.1, 0.15) is 12.5 Å². The maximum absolute atomic E-state index is 13.4. The Bertz CT molecular complexity index is 1170. The summed E-state index contributed by atoms with van der Waals surface area (Å²) in [5.41, 5.74) is 1.91. The molecule has 0 aliphatic carbocycles. The molecule has 162 valence electrons. The number of sulfonamides is 1. The van der Waals surface area contributed by atoms with Crippen LogP contribution in [0.15, 0.2) is 82.6 Å². The van der Waals surface area contributed by atoms with E-state index in [0.717, 1.165) is 20.5 Å². The van der Waals surface area contributed by atoms with Crippen molar-refractivity contribution in [3.63, 3.8) is 0 Å². The van der Waals surface area contributed by atoms with Crippen molar-refractivity contribution >= 4 is 50.7 Å². The third kappa shape index (κ3) is 5.81. The molecule has 0 radical (unpaired) electrons. The Balaban J connectivity index is 1.94. The van der Waals surface area contributed by atoms with E-state index in [9.17, 15) is 13.2 Å². The number of carbonyl (C=O) groups is 1. The van der Waals surface area contributed by atoms with Crippen LogP contribution in [-0.2, 0) is 14.8 Å². The van der Waals surface area contributed by atoms with Crippen LogP contribution in [0.25, 0.3) is 0 Å². The Kier molecular flexibility index (Phi) is 7.64. The summed E-state index contributed by atoms with van der Waals surface area (Å²) in [7, 11) is -3.99. The zero-order valence-electron chi connectivity index (χ0n) is 17.2. The summed E-state index contributed by atoms with van der Waals surface area (Å²) < 4.78 is 27.9. The van der Waals surface area contributed by atoms with Crippen molar-refractivity contribution in [2.45, 2.75) is 23.6 Å². The van der Waals surface area contributed by atoms with E-state index in [4.69, 9.17) is 11.6 Å². The van der Waals surface area contributed by atoms with Gasteiger partial charge in [-0.3, -0.25) is 9.10 Å². The maximum Gasteiger partial charge on any atom is 0.264 e. The number of thioether (sulfide) groups is 1. The Morgan fingerprint density at radius 2 is 1.74 bits per heavy atom. The van der Waals surface area contributed by atoms with Gasteiger partial charge >= 0.3 is 0 Å². The average molecular weight is 475 g/mol. The molecule has 0 spiro atoms. The predicted molar refractivity (Wildman–Crippen MR) is 129 cm³/mol. The van der Waals surface area contributed by atoms with Crippen molar-refractivity contribution in [3.05, 3.63) is 83.4 Å². The summed E-state index contributed by atoms with van der Waals surface area (Å²) in [6.45, 7) is 3.52. The molecule has 0 unspecified atom stereocenters. The molecule has 0 saturated carbocycles. The monoisotopic (exact) mass is 474 g/mol. The molecule has 1 N–H and O–H groups in total.